The molecule has 0 aromatic heterocycles. The first-order chi connectivity index (χ1) is 9.94. The van der Waals surface area contributed by atoms with E-state index < -0.39 is 6.36 Å². The fourth-order valence-corrected chi connectivity index (χ4v) is 2.94. The van der Waals surface area contributed by atoms with Gasteiger partial charge in [0.2, 0.25) is 0 Å². The Morgan fingerprint density at radius 3 is 2.38 bits per heavy atom. The minimum Gasteiger partial charge on any atom is -0.406 e. The zero-order chi connectivity index (χ0) is 15.7. The number of likely N-dealkylation sites (N-methyl/N-ethyl adjacent to an activating group) is 1. The van der Waals surface area contributed by atoms with Crippen molar-refractivity contribution in [1.82, 2.24) is 5.32 Å². The highest BCUT2D eigenvalue weighted by molar-refractivity contribution is 7.99. The molecule has 0 aliphatic rings. The van der Waals surface area contributed by atoms with E-state index in [2.05, 4.69) is 23.9 Å². The fraction of sp³-hybridized carbons (Fsp3) is 0.600. The molecule has 0 saturated carbocycles. The normalized spacial score (nSPS) is 13.2. The van der Waals surface area contributed by atoms with Gasteiger partial charge in [-0.3, -0.25) is 0 Å². The fourth-order valence-electron chi connectivity index (χ4n) is 1.96. The van der Waals surface area contributed by atoms with E-state index in [0.717, 1.165) is 36.5 Å². The molecule has 0 aliphatic carbocycles. The van der Waals surface area contributed by atoms with Crippen LogP contribution in [0.5, 0.6) is 5.75 Å². The van der Waals surface area contributed by atoms with Gasteiger partial charge in [-0.2, -0.15) is 11.8 Å². The van der Waals surface area contributed by atoms with Crippen molar-refractivity contribution in [1.29, 1.82) is 0 Å². The van der Waals surface area contributed by atoms with Gasteiger partial charge >= 0.3 is 6.36 Å². The van der Waals surface area contributed by atoms with Gasteiger partial charge in [-0.25, -0.2) is 0 Å². The largest absolute Gasteiger partial charge is 0.573 e. The van der Waals surface area contributed by atoms with E-state index in [-0.39, 0.29) is 5.75 Å². The topological polar surface area (TPSA) is 21.3 Å². The predicted octanol–water partition coefficient (Wildman–Crippen LogP) is 4.25. The Hall–Kier alpha value is -0.880. The number of hydrogen-bond acceptors (Lipinski definition) is 3. The zero-order valence-electron chi connectivity index (χ0n) is 12.4. The molecular weight excluding hydrogens is 299 g/mol. The molecule has 0 spiro atoms. The number of rotatable bonds is 9. The molecule has 0 radical (unpaired) electrons. The molecule has 0 heterocycles. The maximum atomic E-state index is 12.1. The Kier molecular flexibility index (Phi) is 7.96. The van der Waals surface area contributed by atoms with Gasteiger partial charge in [0.15, 0.2) is 0 Å². The van der Waals surface area contributed by atoms with Gasteiger partial charge in [0.1, 0.15) is 5.75 Å². The van der Waals surface area contributed by atoms with Crippen molar-refractivity contribution in [2.75, 3.05) is 18.1 Å². The highest BCUT2D eigenvalue weighted by Gasteiger charge is 2.30. The van der Waals surface area contributed by atoms with Crippen LogP contribution in [-0.4, -0.2) is 30.5 Å². The van der Waals surface area contributed by atoms with Crippen molar-refractivity contribution in [2.45, 2.75) is 39.1 Å². The molecule has 0 saturated heterocycles. The molecule has 1 rings (SSSR count). The van der Waals surface area contributed by atoms with E-state index in [1.54, 1.807) is 12.1 Å². The van der Waals surface area contributed by atoms with Crippen LogP contribution in [0.2, 0.25) is 0 Å². The Labute approximate surface area is 128 Å². The smallest absolute Gasteiger partial charge is 0.406 e. The summed E-state index contributed by atoms with van der Waals surface area (Å²) >= 11 is 1.90. The molecule has 0 fully saturated rings. The molecule has 1 aromatic rings. The quantitative estimate of drug-likeness (QED) is 0.687. The first-order valence-corrected chi connectivity index (χ1v) is 8.26. The van der Waals surface area contributed by atoms with Gasteiger partial charge in [0.25, 0.3) is 0 Å². The van der Waals surface area contributed by atoms with Gasteiger partial charge < -0.3 is 10.1 Å². The molecule has 1 unspecified atom stereocenters. The minimum absolute atomic E-state index is 0.174. The van der Waals surface area contributed by atoms with Crippen molar-refractivity contribution in [3.05, 3.63) is 29.8 Å². The van der Waals surface area contributed by atoms with Gasteiger partial charge in [0.05, 0.1) is 0 Å². The van der Waals surface area contributed by atoms with E-state index >= 15 is 0 Å². The molecule has 2 nitrogen and oxygen atoms in total. The van der Waals surface area contributed by atoms with Crippen LogP contribution in [-0.2, 0) is 6.42 Å². The number of nitrogens with one attached hydrogen (secondary N) is 1. The summed E-state index contributed by atoms with van der Waals surface area (Å²) in [7, 11) is 0. The minimum atomic E-state index is -4.63. The highest BCUT2D eigenvalue weighted by Crippen LogP contribution is 2.23. The monoisotopic (exact) mass is 321 g/mol. The number of thioether (sulfide) groups is 1. The van der Waals surface area contributed by atoms with Crippen LogP contribution in [0.4, 0.5) is 13.2 Å². The Bertz CT molecular complexity index is 395. The standard InChI is InChI=1S/C15H22F3NOS/c1-3-9-21-11-13(19-4-2)10-12-5-7-14(8-6-12)20-15(16,17)18/h5-8,13,19H,3-4,9-11H2,1-2H3. The van der Waals surface area contributed by atoms with Gasteiger partial charge in [-0.15, -0.1) is 13.2 Å². The summed E-state index contributed by atoms with van der Waals surface area (Å²) in [4.78, 5) is 0. The molecular formula is C15H22F3NOS. The highest BCUT2D eigenvalue weighted by atomic mass is 32.2. The van der Waals surface area contributed by atoms with Crippen molar-refractivity contribution in [2.24, 2.45) is 0 Å². The summed E-state index contributed by atoms with van der Waals surface area (Å²) in [6, 6.07) is 6.45. The first-order valence-electron chi connectivity index (χ1n) is 7.10. The van der Waals surface area contributed by atoms with Crippen LogP contribution in [0.3, 0.4) is 0 Å². The van der Waals surface area contributed by atoms with Crippen molar-refractivity contribution >= 4 is 11.8 Å². The lowest BCUT2D eigenvalue weighted by atomic mass is 10.1. The predicted molar refractivity (Wildman–Crippen MR) is 81.9 cm³/mol. The second-order valence-electron chi connectivity index (χ2n) is 4.73. The molecule has 0 amide bonds. The second kappa shape index (κ2) is 9.20. The summed E-state index contributed by atoms with van der Waals surface area (Å²) in [5, 5.41) is 3.41. The third-order valence-electron chi connectivity index (χ3n) is 2.80. The molecule has 1 N–H and O–H groups in total. The Morgan fingerprint density at radius 1 is 1.19 bits per heavy atom. The van der Waals surface area contributed by atoms with Gasteiger partial charge in [-0.05, 0) is 42.8 Å². The molecule has 21 heavy (non-hydrogen) atoms. The molecule has 0 aliphatic heterocycles. The van der Waals surface area contributed by atoms with Gasteiger partial charge in [0, 0.05) is 11.8 Å². The van der Waals surface area contributed by atoms with Crippen LogP contribution in [0.25, 0.3) is 0 Å². The maximum Gasteiger partial charge on any atom is 0.573 e. The van der Waals surface area contributed by atoms with Crippen LogP contribution in [0, 0.1) is 0 Å². The van der Waals surface area contributed by atoms with Crippen molar-refractivity contribution in [3.8, 4) is 5.75 Å². The average molecular weight is 321 g/mol. The third-order valence-corrected chi connectivity index (χ3v) is 4.13. The summed E-state index contributed by atoms with van der Waals surface area (Å²) in [6.07, 6.45) is -2.69. The van der Waals surface area contributed by atoms with E-state index in [9.17, 15) is 13.2 Å². The Morgan fingerprint density at radius 2 is 1.86 bits per heavy atom. The molecule has 120 valence electrons. The van der Waals surface area contributed by atoms with E-state index in [1.165, 1.54) is 12.1 Å². The van der Waals surface area contributed by atoms with Crippen molar-refractivity contribution in [3.63, 3.8) is 0 Å². The lowest BCUT2D eigenvalue weighted by molar-refractivity contribution is -0.274. The molecule has 0 bridgehead atoms. The lowest BCUT2D eigenvalue weighted by Crippen LogP contribution is -2.33. The number of halogens is 3. The van der Waals surface area contributed by atoms with Crippen LogP contribution in [0.15, 0.2) is 24.3 Å². The van der Waals surface area contributed by atoms with Crippen LogP contribution < -0.4 is 10.1 Å². The molecule has 1 aromatic carbocycles. The Balaban J connectivity index is 2.54. The van der Waals surface area contributed by atoms with E-state index in [4.69, 9.17) is 0 Å². The summed E-state index contributed by atoms with van der Waals surface area (Å²) in [5.74, 6) is 1.95. The lowest BCUT2D eigenvalue weighted by Gasteiger charge is -2.18. The van der Waals surface area contributed by atoms with Crippen LogP contribution in [0.1, 0.15) is 25.8 Å². The summed E-state index contributed by atoms with van der Waals surface area (Å²) in [5.41, 5.74) is 1.01. The second-order valence-corrected chi connectivity index (χ2v) is 5.88. The number of ether oxygens (including phenoxy) is 1. The van der Waals surface area contributed by atoms with Crippen LogP contribution >= 0.6 is 11.8 Å². The number of alkyl halides is 3. The first kappa shape index (κ1) is 18.2. The number of benzene rings is 1. The summed E-state index contributed by atoms with van der Waals surface area (Å²) in [6.45, 7) is 5.08. The molecule has 1 atom stereocenters. The van der Waals surface area contributed by atoms with E-state index in [0.29, 0.717) is 6.04 Å². The third kappa shape index (κ3) is 8.21. The van der Waals surface area contributed by atoms with Gasteiger partial charge in [-0.1, -0.05) is 26.0 Å². The molecule has 6 heteroatoms. The SMILES string of the molecule is CCCSCC(Cc1ccc(OC(F)(F)F)cc1)NCC. The average Bonchev–Trinajstić information content (AvgIpc) is 2.40. The van der Waals surface area contributed by atoms with E-state index in [1.807, 2.05) is 11.8 Å². The summed E-state index contributed by atoms with van der Waals surface area (Å²) < 4.78 is 40.1. The number of hydrogen-bond donors (Lipinski definition) is 1. The zero-order valence-corrected chi connectivity index (χ0v) is 13.2. The van der Waals surface area contributed by atoms with Crippen molar-refractivity contribution < 1.29 is 17.9 Å². The maximum absolute atomic E-state index is 12.1.